The first kappa shape index (κ1) is 15.1. The number of carbonyl (C=O) groups excluding carboxylic acids is 2. The molecule has 1 aromatic rings. The Morgan fingerprint density at radius 1 is 1.41 bits per heavy atom. The molecule has 1 atom stereocenters. The first-order valence-corrected chi connectivity index (χ1v) is 8.12. The first-order valence-electron chi connectivity index (χ1n) is 8.12. The molecule has 3 rings (SSSR count). The average molecular weight is 304 g/mol. The van der Waals surface area contributed by atoms with Crippen LogP contribution in [0.5, 0.6) is 0 Å². The lowest BCUT2D eigenvalue weighted by atomic mass is 10.1. The SMILES string of the molecule is CN(C[C@H]1CC(=O)N(C2CCCC2)C1)C(=O)Cn1ccnc1. The second-order valence-electron chi connectivity index (χ2n) is 6.56. The van der Waals surface area contributed by atoms with Gasteiger partial charge in [0.25, 0.3) is 0 Å². The average Bonchev–Trinajstić information content (AvgIpc) is 3.20. The lowest BCUT2D eigenvalue weighted by Gasteiger charge is -2.25. The smallest absolute Gasteiger partial charge is 0.242 e. The van der Waals surface area contributed by atoms with Crippen molar-refractivity contribution >= 4 is 11.8 Å². The van der Waals surface area contributed by atoms with Gasteiger partial charge in [-0.1, -0.05) is 12.8 Å². The number of likely N-dealkylation sites (tertiary alicyclic amines) is 1. The fourth-order valence-corrected chi connectivity index (χ4v) is 3.65. The Bertz CT molecular complexity index is 522. The summed E-state index contributed by atoms with van der Waals surface area (Å²) in [7, 11) is 1.82. The van der Waals surface area contributed by atoms with Gasteiger partial charge in [0.2, 0.25) is 11.8 Å². The quantitative estimate of drug-likeness (QED) is 0.819. The molecule has 0 aromatic carbocycles. The van der Waals surface area contributed by atoms with Crippen LogP contribution >= 0.6 is 0 Å². The van der Waals surface area contributed by atoms with E-state index >= 15 is 0 Å². The zero-order chi connectivity index (χ0) is 15.5. The second-order valence-corrected chi connectivity index (χ2v) is 6.56. The number of hydrogen-bond acceptors (Lipinski definition) is 3. The molecular formula is C16H24N4O2. The highest BCUT2D eigenvalue weighted by molar-refractivity contribution is 5.79. The minimum Gasteiger partial charge on any atom is -0.344 e. The zero-order valence-electron chi connectivity index (χ0n) is 13.1. The van der Waals surface area contributed by atoms with Crippen LogP contribution < -0.4 is 0 Å². The highest BCUT2D eigenvalue weighted by Crippen LogP contribution is 2.29. The number of carbonyl (C=O) groups is 2. The lowest BCUT2D eigenvalue weighted by Crippen LogP contribution is -2.37. The van der Waals surface area contributed by atoms with Gasteiger partial charge in [0, 0.05) is 50.9 Å². The fraction of sp³-hybridized carbons (Fsp3) is 0.688. The van der Waals surface area contributed by atoms with Gasteiger partial charge in [-0.3, -0.25) is 9.59 Å². The van der Waals surface area contributed by atoms with Gasteiger partial charge in [-0.05, 0) is 12.8 Å². The predicted octanol–water partition coefficient (Wildman–Crippen LogP) is 1.13. The van der Waals surface area contributed by atoms with E-state index in [9.17, 15) is 9.59 Å². The number of hydrogen-bond donors (Lipinski definition) is 0. The molecular weight excluding hydrogens is 280 g/mol. The van der Waals surface area contributed by atoms with Gasteiger partial charge in [-0.15, -0.1) is 0 Å². The number of imidazole rings is 1. The molecule has 1 aromatic heterocycles. The Morgan fingerprint density at radius 3 is 2.86 bits per heavy atom. The zero-order valence-corrected chi connectivity index (χ0v) is 13.1. The molecule has 1 saturated carbocycles. The first-order chi connectivity index (χ1) is 10.6. The van der Waals surface area contributed by atoms with Gasteiger partial charge < -0.3 is 14.4 Å². The summed E-state index contributed by atoms with van der Waals surface area (Å²) in [6, 6.07) is 0.449. The van der Waals surface area contributed by atoms with E-state index in [1.54, 1.807) is 28.2 Å². The highest BCUT2D eigenvalue weighted by atomic mass is 16.2. The van der Waals surface area contributed by atoms with Gasteiger partial charge in [-0.25, -0.2) is 4.98 Å². The summed E-state index contributed by atoms with van der Waals surface area (Å²) in [6.45, 7) is 1.78. The maximum absolute atomic E-state index is 12.2. The number of nitrogens with zero attached hydrogens (tertiary/aromatic N) is 4. The number of rotatable bonds is 5. The van der Waals surface area contributed by atoms with Crippen LogP contribution in [0.25, 0.3) is 0 Å². The Labute approximate surface area is 131 Å². The molecule has 0 N–H and O–H groups in total. The summed E-state index contributed by atoms with van der Waals surface area (Å²) in [4.78, 5) is 32.1. The molecule has 6 nitrogen and oxygen atoms in total. The summed E-state index contributed by atoms with van der Waals surface area (Å²) < 4.78 is 1.77. The van der Waals surface area contributed by atoms with Crippen LogP contribution in [0.2, 0.25) is 0 Å². The lowest BCUT2D eigenvalue weighted by molar-refractivity contribution is -0.131. The molecule has 0 radical (unpaired) electrons. The molecule has 0 bridgehead atoms. The molecule has 1 aliphatic carbocycles. The normalized spacial score (nSPS) is 22.5. The van der Waals surface area contributed by atoms with E-state index in [1.165, 1.54) is 12.8 Å². The topological polar surface area (TPSA) is 58.4 Å². The minimum atomic E-state index is 0.0600. The molecule has 0 unspecified atom stereocenters. The van der Waals surface area contributed by atoms with Crippen LogP contribution in [0.4, 0.5) is 0 Å². The predicted molar refractivity (Wildman–Crippen MR) is 81.9 cm³/mol. The number of amides is 2. The summed E-state index contributed by atoms with van der Waals surface area (Å²) in [6.07, 6.45) is 10.5. The van der Waals surface area contributed by atoms with Crippen molar-refractivity contribution in [1.29, 1.82) is 0 Å². The molecule has 2 heterocycles. The van der Waals surface area contributed by atoms with Crippen LogP contribution in [0.1, 0.15) is 32.1 Å². The Balaban J connectivity index is 1.50. The van der Waals surface area contributed by atoms with Gasteiger partial charge in [0.1, 0.15) is 6.54 Å². The summed E-state index contributed by atoms with van der Waals surface area (Å²) in [5.41, 5.74) is 0. The third kappa shape index (κ3) is 3.31. The van der Waals surface area contributed by atoms with Crippen molar-refractivity contribution < 1.29 is 9.59 Å². The third-order valence-corrected chi connectivity index (χ3v) is 4.84. The molecule has 22 heavy (non-hydrogen) atoms. The molecule has 1 saturated heterocycles. The number of likely N-dealkylation sites (N-methyl/N-ethyl adjacent to an activating group) is 1. The molecule has 6 heteroatoms. The third-order valence-electron chi connectivity index (χ3n) is 4.84. The summed E-state index contributed by atoms with van der Waals surface area (Å²) in [5, 5.41) is 0. The Hall–Kier alpha value is -1.85. The van der Waals surface area contributed by atoms with Crippen molar-refractivity contribution in [1.82, 2.24) is 19.4 Å². The van der Waals surface area contributed by atoms with Crippen LogP contribution in [0.3, 0.4) is 0 Å². The minimum absolute atomic E-state index is 0.0600. The molecule has 2 fully saturated rings. The van der Waals surface area contributed by atoms with Crippen LogP contribution in [-0.2, 0) is 16.1 Å². The van der Waals surface area contributed by atoms with Crippen LogP contribution in [0, 0.1) is 5.92 Å². The number of aromatic nitrogens is 2. The van der Waals surface area contributed by atoms with Gasteiger partial charge in [-0.2, -0.15) is 0 Å². The highest BCUT2D eigenvalue weighted by Gasteiger charge is 2.36. The van der Waals surface area contributed by atoms with Crippen molar-refractivity contribution in [3.05, 3.63) is 18.7 Å². The monoisotopic (exact) mass is 304 g/mol. The van der Waals surface area contributed by atoms with Gasteiger partial charge in [0.05, 0.1) is 6.33 Å². The molecule has 0 spiro atoms. The Kier molecular flexibility index (Phi) is 4.45. The fourth-order valence-electron chi connectivity index (χ4n) is 3.65. The van der Waals surface area contributed by atoms with Gasteiger partial charge >= 0.3 is 0 Å². The van der Waals surface area contributed by atoms with Gasteiger partial charge in [0.15, 0.2) is 0 Å². The maximum atomic E-state index is 12.2. The van der Waals surface area contributed by atoms with Crippen molar-refractivity contribution in [2.75, 3.05) is 20.1 Å². The van der Waals surface area contributed by atoms with Crippen molar-refractivity contribution in [3.63, 3.8) is 0 Å². The summed E-state index contributed by atoms with van der Waals surface area (Å²) >= 11 is 0. The van der Waals surface area contributed by atoms with E-state index in [0.717, 1.165) is 19.4 Å². The van der Waals surface area contributed by atoms with E-state index in [1.807, 2.05) is 7.05 Å². The molecule has 120 valence electrons. The Morgan fingerprint density at radius 2 is 2.18 bits per heavy atom. The second kappa shape index (κ2) is 6.50. The van der Waals surface area contributed by atoms with Crippen LogP contribution in [0.15, 0.2) is 18.7 Å². The van der Waals surface area contributed by atoms with E-state index in [4.69, 9.17) is 0 Å². The van der Waals surface area contributed by atoms with Crippen molar-refractivity contribution in [2.45, 2.75) is 44.7 Å². The van der Waals surface area contributed by atoms with E-state index < -0.39 is 0 Å². The van der Waals surface area contributed by atoms with E-state index in [-0.39, 0.29) is 17.7 Å². The van der Waals surface area contributed by atoms with E-state index in [2.05, 4.69) is 9.88 Å². The maximum Gasteiger partial charge on any atom is 0.242 e. The molecule has 2 aliphatic rings. The largest absolute Gasteiger partial charge is 0.344 e. The van der Waals surface area contributed by atoms with Crippen molar-refractivity contribution in [3.8, 4) is 0 Å². The standard InChI is InChI=1S/C16H24N4O2/c1-18(16(22)11-19-7-6-17-12-19)9-13-8-15(21)20(10-13)14-4-2-3-5-14/h6-7,12-14H,2-5,8-11H2,1H3/t13-/m1/s1. The molecule has 1 aliphatic heterocycles. The molecule has 2 amide bonds. The van der Waals surface area contributed by atoms with E-state index in [0.29, 0.717) is 25.6 Å². The van der Waals surface area contributed by atoms with Crippen LogP contribution in [-0.4, -0.2) is 57.3 Å². The summed E-state index contributed by atoms with van der Waals surface area (Å²) in [5.74, 6) is 0.599. The van der Waals surface area contributed by atoms with Crippen molar-refractivity contribution in [2.24, 2.45) is 5.92 Å².